The van der Waals surface area contributed by atoms with Gasteiger partial charge in [0.2, 0.25) is 0 Å². The zero-order valence-electron chi connectivity index (χ0n) is 14.2. The van der Waals surface area contributed by atoms with E-state index in [4.69, 9.17) is 0 Å². The topological polar surface area (TPSA) is 54.5 Å². The number of anilines is 1. The Morgan fingerprint density at radius 1 is 0.917 bits per heavy atom. The molecule has 3 rings (SSSR count). The molecule has 1 heterocycles. The lowest BCUT2D eigenvalue weighted by molar-refractivity contribution is 0.0926. The number of hydrogen-bond acceptors (Lipinski definition) is 3. The zero-order chi connectivity index (χ0) is 17.6. The Labute approximate surface area is 141 Å². The summed E-state index contributed by atoms with van der Waals surface area (Å²) in [5, 5.41) is 0. The molecule has 0 fully saturated rings. The van der Waals surface area contributed by atoms with E-state index in [1.165, 1.54) is 6.92 Å². The molecule has 1 aliphatic heterocycles. The maximum absolute atomic E-state index is 12.7. The first kappa shape index (κ1) is 16.1. The largest absolute Gasteiger partial charge is 0.294 e. The standard InChI is InChI=1S/C20H19NO3/c1-12(22)14-10-9-13(20(2,3)4)11-17(14)21-18(23)15-7-5-6-8-16(15)19(21)24/h5-11H,1-4H3. The third kappa shape index (κ3) is 2.44. The van der Waals surface area contributed by atoms with Crippen molar-refractivity contribution in [1.29, 1.82) is 0 Å². The van der Waals surface area contributed by atoms with Crippen LogP contribution in [0.25, 0.3) is 0 Å². The minimum Gasteiger partial charge on any atom is -0.294 e. The van der Waals surface area contributed by atoms with Crippen LogP contribution in [-0.4, -0.2) is 17.6 Å². The second-order valence-electron chi connectivity index (χ2n) is 7.03. The highest BCUT2D eigenvalue weighted by atomic mass is 16.2. The van der Waals surface area contributed by atoms with E-state index >= 15 is 0 Å². The Morgan fingerprint density at radius 3 is 1.92 bits per heavy atom. The highest BCUT2D eigenvalue weighted by molar-refractivity contribution is 6.35. The average Bonchev–Trinajstić information content (AvgIpc) is 2.78. The number of amides is 2. The van der Waals surface area contributed by atoms with Crippen LogP contribution in [0.5, 0.6) is 0 Å². The molecule has 2 amide bonds. The molecule has 0 spiro atoms. The van der Waals surface area contributed by atoms with Gasteiger partial charge in [-0.1, -0.05) is 39.0 Å². The zero-order valence-corrected chi connectivity index (χ0v) is 14.2. The summed E-state index contributed by atoms with van der Waals surface area (Å²) in [7, 11) is 0. The van der Waals surface area contributed by atoms with Gasteiger partial charge in [0.15, 0.2) is 5.78 Å². The van der Waals surface area contributed by atoms with Gasteiger partial charge in [-0.25, -0.2) is 4.90 Å². The lowest BCUT2D eigenvalue weighted by atomic mass is 9.85. The summed E-state index contributed by atoms with van der Waals surface area (Å²) in [6, 6.07) is 12.1. The summed E-state index contributed by atoms with van der Waals surface area (Å²) >= 11 is 0. The number of benzene rings is 2. The van der Waals surface area contributed by atoms with Crippen LogP contribution in [0.3, 0.4) is 0 Å². The first-order chi connectivity index (χ1) is 11.2. The number of fused-ring (bicyclic) bond motifs is 1. The molecular weight excluding hydrogens is 302 g/mol. The molecule has 0 bridgehead atoms. The van der Waals surface area contributed by atoms with E-state index in [-0.39, 0.29) is 23.0 Å². The van der Waals surface area contributed by atoms with Crippen LogP contribution >= 0.6 is 0 Å². The van der Waals surface area contributed by atoms with Crippen molar-refractivity contribution < 1.29 is 14.4 Å². The van der Waals surface area contributed by atoms with Gasteiger partial charge in [0, 0.05) is 5.56 Å². The molecule has 4 nitrogen and oxygen atoms in total. The Bertz CT molecular complexity index is 840. The van der Waals surface area contributed by atoms with Crippen LogP contribution in [0.1, 0.15) is 64.3 Å². The molecule has 0 saturated heterocycles. The smallest absolute Gasteiger partial charge is 0.266 e. The summed E-state index contributed by atoms with van der Waals surface area (Å²) in [5.74, 6) is -0.949. The summed E-state index contributed by atoms with van der Waals surface area (Å²) < 4.78 is 0. The lowest BCUT2D eigenvalue weighted by Gasteiger charge is -2.24. The monoisotopic (exact) mass is 321 g/mol. The molecule has 24 heavy (non-hydrogen) atoms. The van der Waals surface area contributed by atoms with E-state index in [9.17, 15) is 14.4 Å². The first-order valence-electron chi connectivity index (χ1n) is 7.85. The summed E-state index contributed by atoms with van der Waals surface area (Å²) in [6.45, 7) is 7.57. The fraction of sp³-hybridized carbons (Fsp3) is 0.250. The number of imide groups is 1. The van der Waals surface area contributed by atoms with Crippen LogP contribution < -0.4 is 4.90 Å². The third-order valence-corrected chi connectivity index (χ3v) is 4.28. The van der Waals surface area contributed by atoms with Crippen molar-refractivity contribution in [1.82, 2.24) is 0 Å². The van der Waals surface area contributed by atoms with Crippen molar-refractivity contribution in [2.24, 2.45) is 0 Å². The Hall–Kier alpha value is -2.75. The van der Waals surface area contributed by atoms with E-state index in [1.807, 2.05) is 26.8 Å². The molecule has 0 N–H and O–H groups in total. The van der Waals surface area contributed by atoms with Crippen molar-refractivity contribution in [3.63, 3.8) is 0 Å². The summed E-state index contributed by atoms with van der Waals surface area (Å²) in [5.41, 5.74) is 2.27. The molecule has 0 saturated carbocycles. The van der Waals surface area contributed by atoms with E-state index in [0.29, 0.717) is 22.4 Å². The number of carbonyl (C=O) groups is 3. The second kappa shape index (κ2) is 5.41. The SMILES string of the molecule is CC(=O)c1ccc(C(C)(C)C)cc1N1C(=O)c2ccccc2C1=O. The molecule has 2 aromatic carbocycles. The van der Waals surface area contributed by atoms with E-state index in [2.05, 4.69) is 0 Å². The van der Waals surface area contributed by atoms with E-state index in [1.54, 1.807) is 36.4 Å². The molecular formula is C20H19NO3. The molecule has 0 aliphatic carbocycles. The number of rotatable bonds is 2. The van der Waals surface area contributed by atoms with Gasteiger partial charge in [-0.3, -0.25) is 14.4 Å². The van der Waals surface area contributed by atoms with Gasteiger partial charge in [0.25, 0.3) is 11.8 Å². The van der Waals surface area contributed by atoms with E-state index < -0.39 is 0 Å². The minimum atomic E-state index is -0.385. The number of ketones is 1. The van der Waals surface area contributed by atoms with Crippen molar-refractivity contribution in [2.45, 2.75) is 33.1 Å². The maximum atomic E-state index is 12.7. The van der Waals surface area contributed by atoms with Gasteiger partial charge < -0.3 is 0 Å². The first-order valence-corrected chi connectivity index (χ1v) is 7.85. The van der Waals surface area contributed by atoms with Crippen molar-refractivity contribution in [3.8, 4) is 0 Å². The van der Waals surface area contributed by atoms with Crippen LogP contribution in [0.4, 0.5) is 5.69 Å². The normalized spacial score (nSPS) is 14.1. The van der Waals surface area contributed by atoms with Gasteiger partial charge >= 0.3 is 0 Å². The number of carbonyl (C=O) groups excluding carboxylic acids is 3. The third-order valence-electron chi connectivity index (χ3n) is 4.28. The van der Waals surface area contributed by atoms with Crippen LogP contribution in [0.15, 0.2) is 42.5 Å². The quantitative estimate of drug-likeness (QED) is 0.621. The fourth-order valence-corrected chi connectivity index (χ4v) is 2.89. The maximum Gasteiger partial charge on any atom is 0.266 e. The second-order valence-corrected chi connectivity index (χ2v) is 7.03. The Morgan fingerprint density at radius 2 is 1.46 bits per heavy atom. The molecule has 0 radical (unpaired) electrons. The highest BCUT2D eigenvalue weighted by Crippen LogP contribution is 2.34. The molecule has 0 atom stereocenters. The Balaban J connectivity index is 2.21. The van der Waals surface area contributed by atoms with Crippen molar-refractivity contribution in [2.75, 3.05) is 4.90 Å². The van der Waals surface area contributed by atoms with Gasteiger partial charge in [-0.2, -0.15) is 0 Å². The number of Topliss-reactive ketones (excluding diaryl/α,β-unsaturated/α-hetero) is 1. The number of nitrogens with zero attached hydrogens (tertiary/aromatic N) is 1. The van der Waals surface area contributed by atoms with Gasteiger partial charge in [-0.05, 0) is 42.2 Å². The van der Waals surface area contributed by atoms with E-state index in [0.717, 1.165) is 10.5 Å². The molecule has 4 heteroatoms. The molecule has 0 aromatic heterocycles. The molecule has 1 aliphatic rings. The molecule has 2 aromatic rings. The minimum absolute atomic E-state index is 0.164. The van der Waals surface area contributed by atoms with Crippen LogP contribution in [-0.2, 0) is 5.41 Å². The lowest BCUT2D eigenvalue weighted by Crippen LogP contribution is -2.31. The Kier molecular flexibility index (Phi) is 3.63. The molecule has 122 valence electrons. The number of hydrogen-bond donors (Lipinski definition) is 0. The predicted octanol–water partition coefficient (Wildman–Crippen LogP) is 3.99. The van der Waals surface area contributed by atoms with Crippen molar-refractivity contribution >= 4 is 23.3 Å². The summed E-state index contributed by atoms with van der Waals surface area (Å²) in [6.07, 6.45) is 0. The summed E-state index contributed by atoms with van der Waals surface area (Å²) in [4.78, 5) is 38.6. The molecule has 0 unspecified atom stereocenters. The highest BCUT2D eigenvalue weighted by Gasteiger charge is 2.38. The predicted molar refractivity (Wildman–Crippen MR) is 92.7 cm³/mol. The van der Waals surface area contributed by atoms with Gasteiger partial charge in [0.05, 0.1) is 16.8 Å². The van der Waals surface area contributed by atoms with Crippen LogP contribution in [0, 0.1) is 0 Å². The van der Waals surface area contributed by atoms with Gasteiger partial charge in [-0.15, -0.1) is 0 Å². The van der Waals surface area contributed by atoms with Crippen LogP contribution in [0.2, 0.25) is 0 Å². The average molecular weight is 321 g/mol. The van der Waals surface area contributed by atoms with Gasteiger partial charge in [0.1, 0.15) is 0 Å². The fourth-order valence-electron chi connectivity index (χ4n) is 2.89. The van der Waals surface area contributed by atoms with Crippen molar-refractivity contribution in [3.05, 3.63) is 64.7 Å².